The average Bonchev–Trinajstić information content (AvgIpc) is 2.20. The number of hydrogen-bond donors (Lipinski definition) is 1. The standard InChI is InChI=1S/C18H27N/c1-12-6-13(2)17(14(3)7-12)9-15-8-16(19)11-18(4,5)10-15/h6-8,16H,9-11,19H2,1-5H3. The van der Waals surface area contributed by atoms with Crippen molar-refractivity contribution in [3.63, 3.8) is 0 Å². The Morgan fingerprint density at radius 3 is 2.26 bits per heavy atom. The molecule has 1 nitrogen and oxygen atoms in total. The zero-order valence-electron chi connectivity index (χ0n) is 13.0. The van der Waals surface area contributed by atoms with Gasteiger partial charge in [0.15, 0.2) is 0 Å². The minimum absolute atomic E-state index is 0.227. The van der Waals surface area contributed by atoms with Gasteiger partial charge in [0.1, 0.15) is 0 Å². The molecule has 19 heavy (non-hydrogen) atoms. The molecule has 1 aromatic carbocycles. The van der Waals surface area contributed by atoms with Gasteiger partial charge in [-0.25, -0.2) is 0 Å². The summed E-state index contributed by atoms with van der Waals surface area (Å²) >= 11 is 0. The zero-order chi connectivity index (χ0) is 14.2. The molecule has 2 rings (SSSR count). The number of hydrogen-bond acceptors (Lipinski definition) is 1. The summed E-state index contributed by atoms with van der Waals surface area (Å²) in [6, 6.07) is 4.80. The molecule has 0 amide bonds. The van der Waals surface area contributed by atoms with Crippen molar-refractivity contribution in [1.82, 2.24) is 0 Å². The molecule has 0 saturated heterocycles. The van der Waals surface area contributed by atoms with Crippen molar-refractivity contribution in [2.75, 3.05) is 0 Å². The Bertz CT molecular complexity index is 485. The maximum Gasteiger partial charge on any atom is 0.0231 e. The normalized spacial score (nSPS) is 22.2. The van der Waals surface area contributed by atoms with Gasteiger partial charge in [0.25, 0.3) is 0 Å². The Hall–Kier alpha value is -1.08. The van der Waals surface area contributed by atoms with Gasteiger partial charge in [-0.2, -0.15) is 0 Å². The van der Waals surface area contributed by atoms with E-state index < -0.39 is 0 Å². The van der Waals surface area contributed by atoms with Gasteiger partial charge in [-0.05, 0) is 62.1 Å². The highest BCUT2D eigenvalue weighted by Crippen LogP contribution is 2.36. The van der Waals surface area contributed by atoms with Crippen LogP contribution in [0.15, 0.2) is 23.8 Å². The van der Waals surface area contributed by atoms with Gasteiger partial charge in [-0.1, -0.05) is 43.2 Å². The lowest BCUT2D eigenvalue weighted by molar-refractivity contribution is 0.299. The van der Waals surface area contributed by atoms with Crippen molar-refractivity contribution < 1.29 is 0 Å². The number of rotatable bonds is 2. The summed E-state index contributed by atoms with van der Waals surface area (Å²) in [7, 11) is 0. The highest BCUT2D eigenvalue weighted by Gasteiger charge is 2.27. The Labute approximate surface area is 117 Å². The van der Waals surface area contributed by atoms with E-state index in [1.165, 1.54) is 34.2 Å². The van der Waals surface area contributed by atoms with E-state index in [-0.39, 0.29) is 6.04 Å². The zero-order valence-corrected chi connectivity index (χ0v) is 13.0. The lowest BCUT2D eigenvalue weighted by Crippen LogP contribution is -2.31. The van der Waals surface area contributed by atoms with Gasteiger partial charge >= 0.3 is 0 Å². The van der Waals surface area contributed by atoms with Crippen LogP contribution >= 0.6 is 0 Å². The molecule has 0 fully saturated rings. The summed E-state index contributed by atoms with van der Waals surface area (Å²) in [6.07, 6.45) is 5.63. The topological polar surface area (TPSA) is 26.0 Å². The minimum atomic E-state index is 0.227. The molecule has 0 radical (unpaired) electrons. The summed E-state index contributed by atoms with van der Waals surface area (Å²) in [5.41, 5.74) is 13.7. The van der Waals surface area contributed by atoms with Gasteiger partial charge in [-0.15, -0.1) is 0 Å². The van der Waals surface area contributed by atoms with Crippen molar-refractivity contribution >= 4 is 0 Å². The minimum Gasteiger partial charge on any atom is -0.324 e. The van der Waals surface area contributed by atoms with E-state index in [9.17, 15) is 0 Å². The van der Waals surface area contributed by atoms with E-state index in [1.807, 2.05) is 0 Å². The largest absolute Gasteiger partial charge is 0.324 e. The van der Waals surface area contributed by atoms with Crippen LogP contribution in [-0.2, 0) is 6.42 Å². The Morgan fingerprint density at radius 2 is 1.74 bits per heavy atom. The van der Waals surface area contributed by atoms with Crippen molar-refractivity contribution in [3.05, 3.63) is 46.0 Å². The predicted octanol–water partition coefficient (Wildman–Crippen LogP) is 4.23. The molecular weight excluding hydrogens is 230 g/mol. The van der Waals surface area contributed by atoms with Crippen LogP contribution in [0.4, 0.5) is 0 Å². The molecule has 1 aromatic rings. The van der Waals surface area contributed by atoms with Gasteiger partial charge in [0.05, 0.1) is 0 Å². The Morgan fingerprint density at radius 1 is 1.16 bits per heavy atom. The Kier molecular flexibility index (Phi) is 3.87. The van der Waals surface area contributed by atoms with Crippen LogP contribution in [0.1, 0.15) is 48.9 Å². The maximum atomic E-state index is 6.18. The van der Waals surface area contributed by atoms with Crippen LogP contribution < -0.4 is 5.73 Å². The fourth-order valence-electron chi connectivity index (χ4n) is 3.58. The second-order valence-corrected chi connectivity index (χ2v) is 7.09. The van der Waals surface area contributed by atoms with Crippen LogP contribution in [0.25, 0.3) is 0 Å². The summed E-state index contributed by atoms with van der Waals surface area (Å²) < 4.78 is 0. The summed E-state index contributed by atoms with van der Waals surface area (Å²) in [5, 5.41) is 0. The predicted molar refractivity (Wildman–Crippen MR) is 83.4 cm³/mol. The quantitative estimate of drug-likeness (QED) is 0.788. The van der Waals surface area contributed by atoms with Crippen molar-refractivity contribution in [2.24, 2.45) is 11.1 Å². The van der Waals surface area contributed by atoms with Crippen LogP contribution in [-0.4, -0.2) is 6.04 Å². The molecule has 0 spiro atoms. The monoisotopic (exact) mass is 257 g/mol. The first-order valence-corrected chi connectivity index (χ1v) is 7.29. The van der Waals surface area contributed by atoms with Gasteiger partial charge in [0, 0.05) is 6.04 Å². The molecule has 1 heteroatoms. The average molecular weight is 257 g/mol. The lowest BCUT2D eigenvalue weighted by Gasteiger charge is -2.33. The van der Waals surface area contributed by atoms with Crippen molar-refractivity contribution in [2.45, 2.75) is 59.9 Å². The van der Waals surface area contributed by atoms with Crippen molar-refractivity contribution in [1.29, 1.82) is 0 Å². The molecule has 0 aromatic heterocycles. The number of benzene rings is 1. The van der Waals surface area contributed by atoms with Gasteiger partial charge in [-0.3, -0.25) is 0 Å². The van der Waals surface area contributed by atoms with Crippen LogP contribution in [0, 0.1) is 26.2 Å². The fourth-order valence-corrected chi connectivity index (χ4v) is 3.58. The summed E-state index contributed by atoms with van der Waals surface area (Å²) in [5.74, 6) is 0. The second-order valence-electron chi connectivity index (χ2n) is 7.09. The number of aryl methyl sites for hydroxylation is 3. The number of allylic oxidation sites excluding steroid dienone is 1. The fraction of sp³-hybridized carbons (Fsp3) is 0.556. The SMILES string of the molecule is Cc1cc(C)c(CC2=CC(N)CC(C)(C)C2)c(C)c1. The van der Waals surface area contributed by atoms with E-state index >= 15 is 0 Å². The molecule has 1 unspecified atom stereocenters. The van der Waals surface area contributed by atoms with Crippen LogP contribution in [0.5, 0.6) is 0 Å². The molecule has 104 valence electrons. The molecule has 0 bridgehead atoms. The lowest BCUT2D eigenvalue weighted by atomic mass is 9.74. The van der Waals surface area contributed by atoms with E-state index in [2.05, 4.69) is 52.8 Å². The van der Waals surface area contributed by atoms with E-state index in [4.69, 9.17) is 5.73 Å². The highest BCUT2D eigenvalue weighted by molar-refractivity contribution is 5.40. The first kappa shape index (κ1) is 14.3. The molecule has 0 heterocycles. The summed E-state index contributed by atoms with van der Waals surface area (Å²) in [4.78, 5) is 0. The molecule has 1 aliphatic carbocycles. The number of nitrogens with two attached hydrogens (primary N) is 1. The maximum absolute atomic E-state index is 6.18. The molecule has 2 N–H and O–H groups in total. The summed E-state index contributed by atoms with van der Waals surface area (Å²) in [6.45, 7) is 11.3. The second kappa shape index (κ2) is 5.13. The van der Waals surface area contributed by atoms with E-state index in [1.54, 1.807) is 0 Å². The van der Waals surface area contributed by atoms with Gasteiger partial charge in [0.2, 0.25) is 0 Å². The molecule has 0 saturated carbocycles. The van der Waals surface area contributed by atoms with Crippen LogP contribution in [0.2, 0.25) is 0 Å². The van der Waals surface area contributed by atoms with Gasteiger partial charge < -0.3 is 5.73 Å². The van der Waals surface area contributed by atoms with Crippen LogP contribution in [0.3, 0.4) is 0 Å². The third-order valence-corrected chi connectivity index (χ3v) is 4.19. The molecule has 1 aliphatic rings. The molecular formula is C18H27N. The third kappa shape index (κ3) is 3.48. The van der Waals surface area contributed by atoms with E-state index in [0.29, 0.717) is 5.41 Å². The smallest absolute Gasteiger partial charge is 0.0231 e. The third-order valence-electron chi connectivity index (χ3n) is 4.19. The first-order chi connectivity index (χ1) is 8.77. The molecule has 1 atom stereocenters. The van der Waals surface area contributed by atoms with Crippen molar-refractivity contribution in [3.8, 4) is 0 Å². The molecule has 0 aliphatic heterocycles. The first-order valence-electron chi connectivity index (χ1n) is 7.29. The van der Waals surface area contributed by atoms with E-state index in [0.717, 1.165) is 12.8 Å². The highest BCUT2D eigenvalue weighted by atomic mass is 14.6. The Balaban J connectivity index is 2.27.